The standard InChI is InChI=1S/C15H20N2O3/c1-2-3-4-5-6-7-10-20-15-9-8-14(17(18)19)11-13(15)12-16/h8-9,11H,2-7,10H2,1H3. The van der Waals surface area contributed by atoms with Crippen molar-refractivity contribution in [2.45, 2.75) is 45.4 Å². The number of nitrogens with zero attached hydrogens (tertiary/aromatic N) is 2. The van der Waals surface area contributed by atoms with Crippen LogP contribution in [0.5, 0.6) is 5.75 Å². The molecule has 108 valence electrons. The van der Waals surface area contributed by atoms with Crippen LogP contribution < -0.4 is 4.74 Å². The summed E-state index contributed by atoms with van der Waals surface area (Å²) in [4.78, 5) is 10.1. The van der Waals surface area contributed by atoms with Crippen LogP contribution in [0.2, 0.25) is 0 Å². The maximum atomic E-state index is 10.6. The van der Waals surface area contributed by atoms with Crippen molar-refractivity contribution in [3.8, 4) is 11.8 Å². The van der Waals surface area contributed by atoms with E-state index in [1.807, 2.05) is 6.07 Å². The molecule has 5 nitrogen and oxygen atoms in total. The fraction of sp³-hybridized carbons (Fsp3) is 0.533. The zero-order valence-corrected chi connectivity index (χ0v) is 11.8. The number of rotatable bonds is 9. The zero-order chi connectivity index (χ0) is 14.8. The van der Waals surface area contributed by atoms with E-state index in [-0.39, 0.29) is 11.3 Å². The van der Waals surface area contributed by atoms with E-state index < -0.39 is 4.92 Å². The minimum absolute atomic E-state index is 0.0894. The molecular weight excluding hydrogens is 256 g/mol. The molecule has 0 radical (unpaired) electrons. The van der Waals surface area contributed by atoms with Gasteiger partial charge in [0.2, 0.25) is 0 Å². The van der Waals surface area contributed by atoms with Gasteiger partial charge in [-0.2, -0.15) is 5.26 Å². The monoisotopic (exact) mass is 276 g/mol. The number of hydrogen-bond donors (Lipinski definition) is 0. The molecule has 0 aliphatic heterocycles. The largest absolute Gasteiger partial charge is 0.492 e. The zero-order valence-electron chi connectivity index (χ0n) is 11.8. The van der Waals surface area contributed by atoms with Gasteiger partial charge < -0.3 is 4.74 Å². The molecule has 0 heterocycles. The number of nitro benzene ring substituents is 1. The van der Waals surface area contributed by atoms with Crippen molar-refractivity contribution >= 4 is 5.69 Å². The lowest BCUT2D eigenvalue weighted by Crippen LogP contribution is -2.00. The number of benzene rings is 1. The van der Waals surface area contributed by atoms with Crippen LogP contribution in [-0.2, 0) is 0 Å². The average Bonchev–Trinajstić information content (AvgIpc) is 2.46. The van der Waals surface area contributed by atoms with Gasteiger partial charge in [-0.15, -0.1) is 0 Å². The molecule has 0 unspecified atom stereocenters. The van der Waals surface area contributed by atoms with Gasteiger partial charge in [-0.1, -0.05) is 39.0 Å². The number of hydrogen-bond acceptors (Lipinski definition) is 4. The Hall–Kier alpha value is -2.09. The van der Waals surface area contributed by atoms with Gasteiger partial charge >= 0.3 is 0 Å². The number of non-ortho nitro benzene ring substituents is 1. The fourth-order valence-electron chi connectivity index (χ4n) is 1.91. The molecule has 1 rings (SSSR count). The van der Waals surface area contributed by atoms with Gasteiger partial charge in [0.05, 0.1) is 11.5 Å². The first-order valence-corrected chi connectivity index (χ1v) is 7.00. The average molecular weight is 276 g/mol. The first kappa shape index (κ1) is 16.0. The predicted octanol–water partition coefficient (Wildman–Crippen LogP) is 4.21. The van der Waals surface area contributed by atoms with Gasteiger partial charge in [0.25, 0.3) is 5.69 Å². The number of nitro groups is 1. The smallest absolute Gasteiger partial charge is 0.271 e. The molecule has 5 heteroatoms. The van der Waals surface area contributed by atoms with Gasteiger partial charge in [0, 0.05) is 12.1 Å². The molecule has 0 fully saturated rings. The summed E-state index contributed by atoms with van der Waals surface area (Å²) in [6.07, 6.45) is 6.98. The quantitative estimate of drug-likeness (QED) is 0.384. The lowest BCUT2D eigenvalue weighted by atomic mass is 10.1. The summed E-state index contributed by atoms with van der Waals surface area (Å²) >= 11 is 0. The minimum atomic E-state index is -0.516. The Bertz CT molecular complexity index is 480. The van der Waals surface area contributed by atoms with Crippen LogP contribution in [0.4, 0.5) is 5.69 Å². The highest BCUT2D eigenvalue weighted by molar-refractivity contribution is 5.50. The van der Waals surface area contributed by atoms with Gasteiger partial charge in [0.15, 0.2) is 0 Å². The van der Waals surface area contributed by atoms with Crippen LogP contribution in [0, 0.1) is 21.4 Å². The van der Waals surface area contributed by atoms with Crippen molar-refractivity contribution in [2.75, 3.05) is 6.61 Å². The molecule has 1 aromatic carbocycles. The van der Waals surface area contributed by atoms with E-state index in [9.17, 15) is 10.1 Å². The number of ether oxygens (including phenoxy) is 1. The van der Waals surface area contributed by atoms with Crippen molar-refractivity contribution in [3.05, 3.63) is 33.9 Å². The molecule has 1 aromatic rings. The molecule has 0 bridgehead atoms. The first-order chi connectivity index (χ1) is 9.69. The highest BCUT2D eigenvalue weighted by atomic mass is 16.6. The maximum Gasteiger partial charge on any atom is 0.271 e. The van der Waals surface area contributed by atoms with Crippen LogP contribution in [-0.4, -0.2) is 11.5 Å². The van der Waals surface area contributed by atoms with Gasteiger partial charge in [-0.3, -0.25) is 10.1 Å². The van der Waals surface area contributed by atoms with Crippen molar-refractivity contribution in [3.63, 3.8) is 0 Å². The Kier molecular flexibility index (Phi) is 7.12. The molecule has 0 amide bonds. The van der Waals surface area contributed by atoms with E-state index in [2.05, 4.69) is 6.92 Å². The van der Waals surface area contributed by atoms with Crippen LogP contribution in [0.3, 0.4) is 0 Å². The van der Waals surface area contributed by atoms with Crippen LogP contribution in [0.1, 0.15) is 51.0 Å². The first-order valence-electron chi connectivity index (χ1n) is 7.00. The van der Waals surface area contributed by atoms with E-state index in [1.54, 1.807) is 0 Å². The fourth-order valence-corrected chi connectivity index (χ4v) is 1.91. The van der Waals surface area contributed by atoms with Crippen LogP contribution in [0.15, 0.2) is 18.2 Å². The van der Waals surface area contributed by atoms with E-state index in [1.165, 1.54) is 43.9 Å². The summed E-state index contributed by atoms with van der Waals surface area (Å²) in [5.74, 6) is 0.423. The lowest BCUT2D eigenvalue weighted by molar-refractivity contribution is -0.384. The van der Waals surface area contributed by atoms with E-state index >= 15 is 0 Å². The van der Waals surface area contributed by atoms with E-state index in [4.69, 9.17) is 10.00 Å². The molecule has 0 saturated heterocycles. The molecule has 0 spiro atoms. The second-order valence-corrected chi connectivity index (χ2v) is 4.67. The third-order valence-electron chi connectivity index (χ3n) is 3.05. The third kappa shape index (κ3) is 5.27. The van der Waals surface area contributed by atoms with Crippen molar-refractivity contribution in [1.29, 1.82) is 5.26 Å². The SMILES string of the molecule is CCCCCCCCOc1ccc([N+](=O)[O-])cc1C#N. The van der Waals surface area contributed by atoms with Crippen LogP contribution >= 0.6 is 0 Å². The molecule has 20 heavy (non-hydrogen) atoms. The second kappa shape index (κ2) is 8.92. The molecule has 0 aromatic heterocycles. The van der Waals surface area contributed by atoms with E-state index in [0.29, 0.717) is 12.4 Å². The molecular formula is C15H20N2O3. The maximum absolute atomic E-state index is 10.6. The highest BCUT2D eigenvalue weighted by Crippen LogP contribution is 2.23. The topological polar surface area (TPSA) is 76.2 Å². The lowest BCUT2D eigenvalue weighted by Gasteiger charge is -2.07. The minimum Gasteiger partial charge on any atom is -0.492 e. The van der Waals surface area contributed by atoms with Gasteiger partial charge in [-0.05, 0) is 12.5 Å². The number of unbranched alkanes of at least 4 members (excludes halogenated alkanes) is 5. The summed E-state index contributed by atoms with van der Waals surface area (Å²) in [5, 5.41) is 19.6. The Morgan fingerprint density at radius 3 is 2.60 bits per heavy atom. The molecule has 0 saturated carbocycles. The summed E-state index contributed by atoms with van der Waals surface area (Å²) in [7, 11) is 0. The second-order valence-electron chi connectivity index (χ2n) is 4.67. The summed E-state index contributed by atoms with van der Waals surface area (Å²) in [6.45, 7) is 2.72. The van der Waals surface area contributed by atoms with Gasteiger partial charge in [-0.25, -0.2) is 0 Å². The molecule has 0 atom stereocenters. The molecule has 0 aliphatic rings. The van der Waals surface area contributed by atoms with Gasteiger partial charge in [0.1, 0.15) is 17.4 Å². The third-order valence-corrected chi connectivity index (χ3v) is 3.05. The Morgan fingerprint density at radius 1 is 1.25 bits per heavy atom. The summed E-state index contributed by atoms with van der Waals surface area (Å²) in [6, 6.07) is 6.03. The Morgan fingerprint density at radius 2 is 1.95 bits per heavy atom. The van der Waals surface area contributed by atoms with Crippen LogP contribution in [0.25, 0.3) is 0 Å². The summed E-state index contributed by atoms with van der Waals surface area (Å²) < 4.78 is 5.52. The van der Waals surface area contributed by atoms with Crippen molar-refractivity contribution in [1.82, 2.24) is 0 Å². The highest BCUT2D eigenvalue weighted by Gasteiger charge is 2.11. The Balaban J connectivity index is 2.40. The summed E-state index contributed by atoms with van der Waals surface area (Å²) in [5.41, 5.74) is 0.124. The predicted molar refractivity (Wildman–Crippen MR) is 76.7 cm³/mol. The van der Waals surface area contributed by atoms with Crippen molar-refractivity contribution < 1.29 is 9.66 Å². The number of nitriles is 1. The normalized spacial score (nSPS) is 10.0. The van der Waals surface area contributed by atoms with Crippen molar-refractivity contribution in [2.24, 2.45) is 0 Å². The molecule has 0 aliphatic carbocycles. The molecule has 0 N–H and O–H groups in total. The Labute approximate surface area is 119 Å². The van der Waals surface area contributed by atoms with E-state index in [0.717, 1.165) is 12.8 Å².